The highest BCUT2D eigenvalue weighted by Crippen LogP contribution is 2.23. The van der Waals surface area contributed by atoms with E-state index in [1.807, 2.05) is 53.6 Å². The minimum Gasteiger partial charge on any atom is -0.497 e. The molecule has 1 saturated heterocycles. The van der Waals surface area contributed by atoms with Crippen LogP contribution in [0, 0.1) is 0 Å². The highest BCUT2D eigenvalue weighted by atomic mass is 16.5. The highest BCUT2D eigenvalue weighted by Gasteiger charge is 2.24. The van der Waals surface area contributed by atoms with Crippen molar-refractivity contribution in [2.75, 3.05) is 33.3 Å². The molecule has 7 heteroatoms. The Kier molecular flexibility index (Phi) is 5.34. The molecule has 1 N–H and O–H groups in total. The van der Waals surface area contributed by atoms with E-state index < -0.39 is 0 Å². The predicted octanol–water partition coefficient (Wildman–Crippen LogP) is 2.44. The Labute approximate surface area is 164 Å². The lowest BCUT2D eigenvalue weighted by atomic mass is 10.1. The first-order valence-electron chi connectivity index (χ1n) is 9.34. The number of carbonyl (C=O) groups excluding carboxylic acids is 1. The van der Waals surface area contributed by atoms with Gasteiger partial charge in [0.15, 0.2) is 0 Å². The third-order valence-electron chi connectivity index (χ3n) is 4.95. The van der Waals surface area contributed by atoms with Gasteiger partial charge in [0.25, 0.3) is 5.91 Å². The van der Waals surface area contributed by atoms with Crippen LogP contribution in [0.3, 0.4) is 0 Å². The summed E-state index contributed by atoms with van der Waals surface area (Å²) < 4.78 is 5.26. The van der Waals surface area contributed by atoms with Crippen molar-refractivity contribution < 1.29 is 9.53 Å². The van der Waals surface area contributed by atoms with Crippen molar-refractivity contribution in [3.63, 3.8) is 0 Å². The average Bonchev–Trinajstić information content (AvgIpc) is 3.25. The standard InChI is InChI=1S/C21H23N5O2/c1-28-18-7-4-5-16(13-18)19-14-20(24-23-19)21(27)26-11-9-25(10-12-26)15-17-6-2-3-8-22-17/h2-8,13-14H,9-12,15H2,1H3,(H,23,24). The van der Waals surface area contributed by atoms with Crippen LogP contribution < -0.4 is 4.74 Å². The molecule has 3 heterocycles. The molecule has 1 fully saturated rings. The van der Waals surface area contributed by atoms with Crippen molar-refractivity contribution in [3.8, 4) is 17.0 Å². The van der Waals surface area contributed by atoms with Crippen molar-refractivity contribution in [1.29, 1.82) is 0 Å². The first-order valence-corrected chi connectivity index (χ1v) is 9.34. The zero-order valence-corrected chi connectivity index (χ0v) is 15.8. The maximum absolute atomic E-state index is 12.8. The zero-order chi connectivity index (χ0) is 19.3. The second-order valence-electron chi connectivity index (χ2n) is 6.79. The first-order chi connectivity index (χ1) is 13.7. The van der Waals surface area contributed by atoms with E-state index in [0.717, 1.165) is 42.3 Å². The number of ether oxygens (including phenoxy) is 1. The number of amides is 1. The molecule has 0 bridgehead atoms. The van der Waals surface area contributed by atoms with Crippen LogP contribution in [0.1, 0.15) is 16.2 Å². The summed E-state index contributed by atoms with van der Waals surface area (Å²) in [5.74, 6) is 0.747. The van der Waals surface area contributed by atoms with Gasteiger partial charge in [0.1, 0.15) is 11.4 Å². The number of aromatic nitrogens is 3. The highest BCUT2D eigenvalue weighted by molar-refractivity contribution is 5.93. The Morgan fingerprint density at radius 3 is 2.71 bits per heavy atom. The molecule has 0 aliphatic carbocycles. The van der Waals surface area contributed by atoms with Gasteiger partial charge in [0, 0.05) is 44.5 Å². The molecule has 1 aromatic carbocycles. The Morgan fingerprint density at radius 2 is 1.96 bits per heavy atom. The summed E-state index contributed by atoms with van der Waals surface area (Å²) >= 11 is 0. The van der Waals surface area contributed by atoms with Gasteiger partial charge in [-0.25, -0.2) is 0 Å². The van der Waals surface area contributed by atoms with Gasteiger partial charge in [-0.2, -0.15) is 5.10 Å². The molecule has 0 saturated carbocycles. The molecule has 144 valence electrons. The fraction of sp³-hybridized carbons (Fsp3) is 0.286. The third-order valence-corrected chi connectivity index (χ3v) is 4.95. The molecule has 1 amide bonds. The fourth-order valence-electron chi connectivity index (χ4n) is 3.36. The molecular formula is C21H23N5O2. The molecular weight excluding hydrogens is 354 g/mol. The molecule has 4 rings (SSSR count). The van der Waals surface area contributed by atoms with E-state index in [1.54, 1.807) is 13.2 Å². The van der Waals surface area contributed by atoms with Crippen LogP contribution in [-0.4, -0.2) is 64.2 Å². The van der Waals surface area contributed by atoms with Gasteiger partial charge < -0.3 is 9.64 Å². The van der Waals surface area contributed by atoms with E-state index in [4.69, 9.17) is 4.74 Å². The molecule has 3 aromatic rings. The minimum absolute atomic E-state index is 0.0147. The number of carbonyl (C=O) groups is 1. The Hall–Kier alpha value is -3.19. The van der Waals surface area contributed by atoms with E-state index >= 15 is 0 Å². The predicted molar refractivity (Wildman–Crippen MR) is 106 cm³/mol. The number of aromatic amines is 1. The monoisotopic (exact) mass is 377 g/mol. The molecule has 0 radical (unpaired) electrons. The van der Waals surface area contributed by atoms with Crippen molar-refractivity contribution >= 4 is 5.91 Å². The van der Waals surface area contributed by atoms with E-state index in [9.17, 15) is 4.79 Å². The summed E-state index contributed by atoms with van der Waals surface area (Å²) in [6.07, 6.45) is 1.81. The average molecular weight is 377 g/mol. The number of nitrogens with zero attached hydrogens (tertiary/aromatic N) is 4. The Bertz CT molecular complexity index is 933. The fourth-order valence-corrected chi connectivity index (χ4v) is 3.36. The van der Waals surface area contributed by atoms with E-state index in [2.05, 4.69) is 20.1 Å². The Morgan fingerprint density at radius 1 is 1.11 bits per heavy atom. The number of hydrogen-bond donors (Lipinski definition) is 1. The van der Waals surface area contributed by atoms with Gasteiger partial charge in [-0.05, 0) is 30.3 Å². The Balaban J connectivity index is 1.37. The summed E-state index contributed by atoms with van der Waals surface area (Å²) in [5.41, 5.74) is 3.21. The van der Waals surface area contributed by atoms with Crippen LogP contribution in [0.4, 0.5) is 0 Å². The summed E-state index contributed by atoms with van der Waals surface area (Å²) in [6, 6.07) is 15.4. The van der Waals surface area contributed by atoms with Crippen molar-refractivity contribution in [2.24, 2.45) is 0 Å². The van der Waals surface area contributed by atoms with E-state index in [0.29, 0.717) is 18.8 Å². The van der Waals surface area contributed by atoms with Crippen LogP contribution >= 0.6 is 0 Å². The molecule has 28 heavy (non-hydrogen) atoms. The van der Waals surface area contributed by atoms with Crippen molar-refractivity contribution in [1.82, 2.24) is 25.0 Å². The smallest absolute Gasteiger partial charge is 0.271 e. The molecule has 1 aliphatic rings. The maximum atomic E-state index is 12.8. The lowest BCUT2D eigenvalue weighted by Gasteiger charge is -2.34. The second-order valence-corrected chi connectivity index (χ2v) is 6.79. The van der Waals surface area contributed by atoms with Crippen molar-refractivity contribution in [2.45, 2.75) is 6.54 Å². The van der Waals surface area contributed by atoms with Crippen LogP contribution in [0.25, 0.3) is 11.3 Å². The second kappa shape index (κ2) is 8.22. The number of benzene rings is 1. The van der Waals surface area contributed by atoms with Gasteiger partial charge in [-0.15, -0.1) is 0 Å². The number of rotatable bonds is 5. The van der Waals surface area contributed by atoms with Crippen LogP contribution in [0.5, 0.6) is 5.75 Å². The zero-order valence-electron chi connectivity index (χ0n) is 15.8. The number of H-pyrrole nitrogens is 1. The maximum Gasteiger partial charge on any atom is 0.271 e. The molecule has 0 spiro atoms. The molecule has 2 aromatic heterocycles. The first kappa shape index (κ1) is 18.2. The lowest BCUT2D eigenvalue weighted by molar-refractivity contribution is 0.0621. The van der Waals surface area contributed by atoms with Gasteiger partial charge >= 0.3 is 0 Å². The quantitative estimate of drug-likeness (QED) is 0.739. The van der Waals surface area contributed by atoms with Gasteiger partial charge in [-0.1, -0.05) is 18.2 Å². The molecule has 0 atom stereocenters. The largest absolute Gasteiger partial charge is 0.497 e. The molecule has 7 nitrogen and oxygen atoms in total. The number of pyridine rings is 1. The summed E-state index contributed by atoms with van der Waals surface area (Å²) in [6.45, 7) is 3.86. The summed E-state index contributed by atoms with van der Waals surface area (Å²) in [5, 5.41) is 7.19. The minimum atomic E-state index is -0.0147. The molecule has 1 aliphatic heterocycles. The lowest BCUT2D eigenvalue weighted by Crippen LogP contribution is -2.48. The summed E-state index contributed by atoms with van der Waals surface area (Å²) in [4.78, 5) is 21.4. The number of piperazine rings is 1. The number of hydrogen-bond acceptors (Lipinski definition) is 5. The van der Waals surface area contributed by atoms with Gasteiger partial charge in [-0.3, -0.25) is 19.8 Å². The van der Waals surface area contributed by atoms with Crippen LogP contribution in [0.2, 0.25) is 0 Å². The normalized spacial score (nSPS) is 14.8. The van der Waals surface area contributed by atoms with Gasteiger partial charge in [0.05, 0.1) is 18.5 Å². The SMILES string of the molecule is COc1cccc(-c2cc(C(=O)N3CCN(Cc4ccccn4)CC3)[nH]n2)c1. The third kappa shape index (κ3) is 4.04. The number of nitrogens with one attached hydrogen (secondary N) is 1. The van der Waals surface area contributed by atoms with Crippen molar-refractivity contribution in [3.05, 3.63) is 66.1 Å². The number of methoxy groups -OCH3 is 1. The topological polar surface area (TPSA) is 74.3 Å². The molecule has 0 unspecified atom stereocenters. The van der Waals surface area contributed by atoms with Crippen LogP contribution in [-0.2, 0) is 6.54 Å². The van der Waals surface area contributed by atoms with Gasteiger partial charge in [0.2, 0.25) is 0 Å². The van der Waals surface area contributed by atoms with E-state index in [1.165, 1.54) is 0 Å². The van der Waals surface area contributed by atoms with E-state index in [-0.39, 0.29) is 5.91 Å². The summed E-state index contributed by atoms with van der Waals surface area (Å²) in [7, 11) is 1.63. The van der Waals surface area contributed by atoms with Crippen LogP contribution in [0.15, 0.2) is 54.7 Å².